The third-order valence-corrected chi connectivity index (χ3v) is 5.41. The van der Waals surface area contributed by atoms with Crippen LogP contribution in [0.4, 0.5) is 0 Å². The van der Waals surface area contributed by atoms with Gasteiger partial charge in [0.05, 0.1) is 10.9 Å². The Bertz CT molecular complexity index is 913. The maximum absolute atomic E-state index is 6.28. The van der Waals surface area contributed by atoms with Crippen molar-refractivity contribution in [2.24, 2.45) is 5.10 Å². The summed E-state index contributed by atoms with van der Waals surface area (Å²) < 4.78 is 12.1. The van der Waals surface area contributed by atoms with Crippen LogP contribution in [0, 0.1) is 6.92 Å². The van der Waals surface area contributed by atoms with Crippen LogP contribution in [0.15, 0.2) is 63.4 Å². The second kappa shape index (κ2) is 5.24. The van der Waals surface area contributed by atoms with Crippen molar-refractivity contribution < 1.29 is 9.15 Å². The highest BCUT2D eigenvalue weighted by Gasteiger charge is 2.41. The van der Waals surface area contributed by atoms with Crippen LogP contribution in [-0.2, 0) is 0 Å². The summed E-state index contributed by atoms with van der Waals surface area (Å²) in [7, 11) is 0. The van der Waals surface area contributed by atoms with Crippen molar-refractivity contribution in [1.29, 1.82) is 0 Å². The van der Waals surface area contributed by atoms with Crippen LogP contribution in [0.3, 0.4) is 0 Å². The maximum atomic E-state index is 6.28. The van der Waals surface area contributed by atoms with Gasteiger partial charge in [-0.3, -0.25) is 0 Å². The van der Waals surface area contributed by atoms with Gasteiger partial charge in [-0.05, 0) is 36.6 Å². The molecule has 24 heavy (non-hydrogen) atoms. The molecule has 0 N–H and O–H groups in total. The minimum atomic E-state index is -0.182. The van der Waals surface area contributed by atoms with E-state index >= 15 is 0 Å². The van der Waals surface area contributed by atoms with Gasteiger partial charge >= 0.3 is 0 Å². The molecule has 0 radical (unpaired) electrons. The fourth-order valence-electron chi connectivity index (χ4n) is 3.39. The molecule has 0 spiro atoms. The highest BCUT2D eigenvalue weighted by molar-refractivity contribution is 7.10. The average molecular weight is 336 g/mol. The molecule has 1 aromatic carbocycles. The summed E-state index contributed by atoms with van der Waals surface area (Å²) in [5.41, 5.74) is 2.17. The summed E-state index contributed by atoms with van der Waals surface area (Å²) in [5, 5.41) is 9.03. The standard InChI is InChI=1S/C19H16N2O2S/c1-12-8-9-17(22-12)14-11-15-13-5-2-3-6-16(13)23-19(21(15)20-14)18-7-4-10-24-18/h2-10,15,19H,11H2,1H3. The molecular weight excluding hydrogens is 320 g/mol. The molecule has 5 heteroatoms. The van der Waals surface area contributed by atoms with E-state index < -0.39 is 0 Å². The van der Waals surface area contributed by atoms with Crippen LogP contribution < -0.4 is 4.74 Å². The van der Waals surface area contributed by atoms with Crippen molar-refractivity contribution in [3.63, 3.8) is 0 Å². The number of benzene rings is 1. The molecule has 0 saturated heterocycles. The Hall–Kier alpha value is -2.53. The van der Waals surface area contributed by atoms with E-state index in [9.17, 15) is 0 Å². The minimum Gasteiger partial charge on any atom is -0.464 e. The zero-order chi connectivity index (χ0) is 16.1. The third kappa shape index (κ3) is 2.08. The zero-order valence-corrected chi connectivity index (χ0v) is 14.0. The number of aryl methyl sites for hydroxylation is 1. The first kappa shape index (κ1) is 13.9. The van der Waals surface area contributed by atoms with E-state index in [1.165, 1.54) is 5.56 Å². The molecule has 0 bridgehead atoms. The normalized spacial score (nSPS) is 21.9. The van der Waals surface area contributed by atoms with E-state index in [0.717, 1.165) is 34.3 Å². The Morgan fingerprint density at radius 2 is 2.04 bits per heavy atom. The van der Waals surface area contributed by atoms with Gasteiger partial charge in [0.1, 0.15) is 23.0 Å². The summed E-state index contributed by atoms with van der Waals surface area (Å²) in [5.74, 6) is 2.71. The SMILES string of the molecule is Cc1ccc(C2=NN3C(C2)c2ccccc2OC3c2cccs2)o1. The molecule has 2 atom stereocenters. The molecule has 0 amide bonds. The number of para-hydroxylation sites is 1. The number of hydrogen-bond acceptors (Lipinski definition) is 5. The second-order valence-corrected chi connectivity index (χ2v) is 7.06. The fraction of sp³-hybridized carbons (Fsp3) is 0.211. The van der Waals surface area contributed by atoms with Crippen molar-refractivity contribution in [2.75, 3.05) is 0 Å². The number of nitrogens with zero attached hydrogens (tertiary/aromatic N) is 2. The lowest BCUT2D eigenvalue weighted by molar-refractivity contribution is -0.0165. The molecule has 2 aromatic heterocycles. The lowest BCUT2D eigenvalue weighted by Crippen LogP contribution is -2.33. The molecule has 2 aliphatic rings. The first-order valence-electron chi connectivity index (χ1n) is 8.01. The monoisotopic (exact) mass is 336 g/mol. The van der Waals surface area contributed by atoms with Crippen LogP contribution in [0.5, 0.6) is 5.75 Å². The third-order valence-electron chi connectivity index (χ3n) is 4.51. The molecule has 2 unspecified atom stereocenters. The Morgan fingerprint density at radius 3 is 2.83 bits per heavy atom. The van der Waals surface area contributed by atoms with Gasteiger partial charge in [-0.25, -0.2) is 5.01 Å². The molecule has 0 aliphatic carbocycles. The topological polar surface area (TPSA) is 38.0 Å². The predicted molar refractivity (Wildman–Crippen MR) is 93.3 cm³/mol. The average Bonchev–Trinajstić information content (AvgIpc) is 3.34. The fourth-order valence-corrected chi connectivity index (χ4v) is 4.14. The molecule has 0 fully saturated rings. The molecule has 2 aliphatic heterocycles. The molecule has 4 nitrogen and oxygen atoms in total. The molecule has 0 saturated carbocycles. The number of furan rings is 1. The van der Waals surface area contributed by atoms with Crippen molar-refractivity contribution in [3.8, 4) is 5.75 Å². The zero-order valence-electron chi connectivity index (χ0n) is 13.2. The molecule has 4 heterocycles. The largest absolute Gasteiger partial charge is 0.464 e. The van der Waals surface area contributed by atoms with E-state index in [2.05, 4.69) is 34.7 Å². The van der Waals surface area contributed by atoms with Crippen molar-refractivity contribution in [3.05, 3.63) is 75.9 Å². The number of hydrogen-bond donors (Lipinski definition) is 0. The van der Waals surface area contributed by atoms with Gasteiger partial charge in [0.25, 0.3) is 0 Å². The molecule has 120 valence electrons. The van der Waals surface area contributed by atoms with E-state index in [-0.39, 0.29) is 12.3 Å². The Morgan fingerprint density at radius 1 is 1.12 bits per heavy atom. The van der Waals surface area contributed by atoms with Crippen LogP contribution in [0.1, 0.15) is 40.7 Å². The van der Waals surface area contributed by atoms with Crippen LogP contribution in [0.2, 0.25) is 0 Å². The number of fused-ring (bicyclic) bond motifs is 3. The first-order valence-corrected chi connectivity index (χ1v) is 8.89. The highest BCUT2D eigenvalue weighted by atomic mass is 32.1. The van der Waals surface area contributed by atoms with Gasteiger partial charge in [0.15, 0.2) is 0 Å². The van der Waals surface area contributed by atoms with Gasteiger partial charge < -0.3 is 9.15 Å². The van der Waals surface area contributed by atoms with E-state index in [0.29, 0.717) is 0 Å². The van der Waals surface area contributed by atoms with Crippen molar-refractivity contribution >= 4 is 17.0 Å². The van der Waals surface area contributed by atoms with Crippen molar-refractivity contribution in [2.45, 2.75) is 25.6 Å². The minimum absolute atomic E-state index is 0.182. The van der Waals surface area contributed by atoms with E-state index in [1.54, 1.807) is 11.3 Å². The number of ether oxygens (including phenoxy) is 1. The van der Waals surface area contributed by atoms with Crippen LogP contribution in [-0.4, -0.2) is 10.7 Å². The molecule has 5 rings (SSSR count). The van der Waals surface area contributed by atoms with Crippen LogP contribution >= 0.6 is 11.3 Å². The predicted octanol–water partition coefficient (Wildman–Crippen LogP) is 4.89. The molecule has 3 aromatic rings. The van der Waals surface area contributed by atoms with Gasteiger partial charge in [-0.1, -0.05) is 24.3 Å². The smallest absolute Gasteiger partial charge is 0.222 e. The van der Waals surface area contributed by atoms with Gasteiger partial charge in [0.2, 0.25) is 6.23 Å². The van der Waals surface area contributed by atoms with Gasteiger partial charge in [-0.2, -0.15) is 5.10 Å². The summed E-state index contributed by atoms with van der Waals surface area (Å²) in [6.45, 7) is 1.96. The molecular formula is C19H16N2O2S. The first-order chi connectivity index (χ1) is 11.8. The van der Waals surface area contributed by atoms with Gasteiger partial charge in [0, 0.05) is 12.0 Å². The summed E-state index contributed by atoms with van der Waals surface area (Å²) in [6.07, 6.45) is 0.647. The van der Waals surface area contributed by atoms with Gasteiger partial charge in [-0.15, -0.1) is 11.3 Å². The lowest BCUT2D eigenvalue weighted by atomic mass is 9.98. The Kier molecular flexibility index (Phi) is 3.03. The maximum Gasteiger partial charge on any atom is 0.222 e. The number of thiophene rings is 1. The number of rotatable bonds is 2. The quantitative estimate of drug-likeness (QED) is 0.668. The van der Waals surface area contributed by atoms with Crippen molar-refractivity contribution in [1.82, 2.24) is 5.01 Å². The van der Waals surface area contributed by atoms with E-state index in [4.69, 9.17) is 14.3 Å². The Balaban J connectivity index is 1.60. The van der Waals surface area contributed by atoms with E-state index in [1.807, 2.05) is 31.2 Å². The number of hydrazone groups is 1. The summed E-state index contributed by atoms with van der Waals surface area (Å²) >= 11 is 1.69. The summed E-state index contributed by atoms with van der Waals surface area (Å²) in [4.78, 5) is 1.16. The Labute approximate surface area is 144 Å². The second-order valence-electron chi connectivity index (χ2n) is 6.08. The highest BCUT2D eigenvalue weighted by Crippen LogP contribution is 2.48. The van der Waals surface area contributed by atoms with Crippen LogP contribution in [0.25, 0.3) is 0 Å². The lowest BCUT2D eigenvalue weighted by Gasteiger charge is -2.37. The summed E-state index contributed by atoms with van der Waals surface area (Å²) in [6, 6.07) is 16.6.